The van der Waals surface area contributed by atoms with E-state index in [9.17, 15) is 4.79 Å². The molecule has 2 aliphatic heterocycles. The standard InChI is InChI=1S/C16H23N3O/c1-11-7-12(8-17)4-5-13(11)10-19-6-2-3-14-15(19)9-18-16(14)20/h4-5,7,14-15H,2-3,6,8-10,17H2,1H3,(H,18,20). The lowest BCUT2D eigenvalue weighted by molar-refractivity contribution is -0.124. The van der Waals surface area contributed by atoms with Crippen LogP contribution in [0, 0.1) is 12.8 Å². The van der Waals surface area contributed by atoms with E-state index in [2.05, 4.69) is 35.3 Å². The van der Waals surface area contributed by atoms with Crippen molar-refractivity contribution < 1.29 is 4.79 Å². The third-order valence-electron chi connectivity index (χ3n) is 4.73. The van der Waals surface area contributed by atoms with Gasteiger partial charge < -0.3 is 11.1 Å². The molecule has 4 heteroatoms. The Labute approximate surface area is 120 Å². The van der Waals surface area contributed by atoms with Gasteiger partial charge in [-0.05, 0) is 43.0 Å². The van der Waals surface area contributed by atoms with E-state index >= 15 is 0 Å². The van der Waals surface area contributed by atoms with Gasteiger partial charge in [0.15, 0.2) is 0 Å². The lowest BCUT2D eigenvalue weighted by Crippen LogP contribution is -2.45. The van der Waals surface area contributed by atoms with Gasteiger partial charge in [-0.1, -0.05) is 18.2 Å². The Morgan fingerprint density at radius 2 is 2.30 bits per heavy atom. The van der Waals surface area contributed by atoms with Crippen LogP contribution >= 0.6 is 0 Å². The first-order valence-electron chi connectivity index (χ1n) is 7.49. The molecular weight excluding hydrogens is 250 g/mol. The Balaban J connectivity index is 1.75. The van der Waals surface area contributed by atoms with Crippen LogP contribution in [0.5, 0.6) is 0 Å². The number of likely N-dealkylation sites (tertiary alicyclic amines) is 1. The minimum Gasteiger partial charge on any atom is -0.354 e. The number of fused-ring (bicyclic) bond motifs is 1. The van der Waals surface area contributed by atoms with E-state index < -0.39 is 0 Å². The summed E-state index contributed by atoms with van der Waals surface area (Å²) in [7, 11) is 0. The molecule has 20 heavy (non-hydrogen) atoms. The number of nitrogens with one attached hydrogen (secondary N) is 1. The van der Waals surface area contributed by atoms with E-state index in [0.29, 0.717) is 12.6 Å². The van der Waals surface area contributed by atoms with Gasteiger partial charge in [0.1, 0.15) is 0 Å². The first kappa shape index (κ1) is 13.6. The fourth-order valence-corrected chi connectivity index (χ4v) is 3.52. The van der Waals surface area contributed by atoms with E-state index in [-0.39, 0.29) is 11.8 Å². The summed E-state index contributed by atoms with van der Waals surface area (Å²) in [5.41, 5.74) is 9.51. The highest BCUT2D eigenvalue weighted by Crippen LogP contribution is 2.29. The number of carbonyl (C=O) groups is 1. The van der Waals surface area contributed by atoms with Crippen molar-refractivity contribution in [1.82, 2.24) is 10.2 Å². The van der Waals surface area contributed by atoms with Gasteiger partial charge in [-0.15, -0.1) is 0 Å². The monoisotopic (exact) mass is 273 g/mol. The summed E-state index contributed by atoms with van der Waals surface area (Å²) in [4.78, 5) is 14.3. The maximum atomic E-state index is 11.8. The molecule has 3 N–H and O–H groups in total. The first-order chi connectivity index (χ1) is 9.69. The highest BCUT2D eigenvalue weighted by molar-refractivity contribution is 5.82. The largest absolute Gasteiger partial charge is 0.354 e. The molecule has 0 spiro atoms. The molecule has 4 nitrogen and oxygen atoms in total. The van der Waals surface area contributed by atoms with E-state index in [0.717, 1.165) is 32.5 Å². The van der Waals surface area contributed by atoms with Crippen LogP contribution in [0.4, 0.5) is 0 Å². The molecule has 2 aliphatic rings. The third-order valence-corrected chi connectivity index (χ3v) is 4.73. The molecule has 1 aromatic rings. The molecule has 2 unspecified atom stereocenters. The van der Waals surface area contributed by atoms with Crippen LogP contribution < -0.4 is 11.1 Å². The van der Waals surface area contributed by atoms with Crippen molar-refractivity contribution in [1.29, 1.82) is 0 Å². The molecule has 1 amide bonds. The van der Waals surface area contributed by atoms with Gasteiger partial charge in [0.05, 0.1) is 5.92 Å². The molecule has 0 radical (unpaired) electrons. The van der Waals surface area contributed by atoms with Crippen LogP contribution in [0.25, 0.3) is 0 Å². The number of carbonyl (C=O) groups excluding carboxylic acids is 1. The highest BCUT2D eigenvalue weighted by Gasteiger charge is 2.40. The van der Waals surface area contributed by atoms with Crippen LogP contribution in [0.2, 0.25) is 0 Å². The van der Waals surface area contributed by atoms with Crippen LogP contribution in [-0.2, 0) is 17.9 Å². The minimum absolute atomic E-state index is 0.201. The van der Waals surface area contributed by atoms with Gasteiger partial charge in [-0.2, -0.15) is 0 Å². The fraction of sp³-hybridized carbons (Fsp3) is 0.562. The highest BCUT2D eigenvalue weighted by atomic mass is 16.2. The Kier molecular flexibility index (Phi) is 3.76. The summed E-state index contributed by atoms with van der Waals surface area (Å²) in [5.74, 6) is 0.447. The van der Waals surface area contributed by atoms with E-state index in [4.69, 9.17) is 5.73 Å². The SMILES string of the molecule is Cc1cc(CN)ccc1CN1CCCC2C(=O)NCC21. The summed E-state index contributed by atoms with van der Waals surface area (Å²) < 4.78 is 0. The van der Waals surface area contributed by atoms with Crippen LogP contribution in [0.3, 0.4) is 0 Å². The average Bonchev–Trinajstić information content (AvgIpc) is 2.84. The summed E-state index contributed by atoms with van der Waals surface area (Å²) in [6.45, 7) is 5.58. The van der Waals surface area contributed by atoms with Crippen LogP contribution in [0.15, 0.2) is 18.2 Å². The van der Waals surface area contributed by atoms with Crippen LogP contribution in [-0.4, -0.2) is 29.9 Å². The number of amides is 1. The van der Waals surface area contributed by atoms with Crippen molar-refractivity contribution in [3.05, 3.63) is 34.9 Å². The Morgan fingerprint density at radius 3 is 3.05 bits per heavy atom. The molecule has 2 heterocycles. The summed E-state index contributed by atoms with van der Waals surface area (Å²) in [6, 6.07) is 6.85. The Morgan fingerprint density at radius 1 is 1.45 bits per heavy atom. The van der Waals surface area contributed by atoms with Crippen molar-refractivity contribution >= 4 is 5.91 Å². The van der Waals surface area contributed by atoms with Gasteiger partial charge in [0, 0.05) is 25.7 Å². The zero-order valence-corrected chi connectivity index (χ0v) is 12.1. The topological polar surface area (TPSA) is 58.4 Å². The fourth-order valence-electron chi connectivity index (χ4n) is 3.52. The zero-order valence-electron chi connectivity index (χ0n) is 12.1. The van der Waals surface area contributed by atoms with E-state index in [1.807, 2.05) is 0 Å². The first-order valence-corrected chi connectivity index (χ1v) is 7.49. The Hall–Kier alpha value is -1.39. The summed E-state index contributed by atoms with van der Waals surface area (Å²) in [5, 5.41) is 3.01. The van der Waals surface area contributed by atoms with Crippen molar-refractivity contribution in [2.45, 2.75) is 38.9 Å². The average molecular weight is 273 g/mol. The third kappa shape index (κ3) is 2.45. The van der Waals surface area contributed by atoms with Gasteiger partial charge in [0.25, 0.3) is 0 Å². The number of rotatable bonds is 3. The van der Waals surface area contributed by atoms with Gasteiger partial charge in [-0.3, -0.25) is 9.69 Å². The lowest BCUT2D eigenvalue weighted by atomic mass is 9.91. The van der Waals surface area contributed by atoms with Crippen molar-refractivity contribution in [2.75, 3.05) is 13.1 Å². The molecule has 2 saturated heterocycles. The lowest BCUT2D eigenvalue weighted by Gasteiger charge is -2.36. The smallest absolute Gasteiger partial charge is 0.224 e. The molecule has 0 aliphatic carbocycles. The molecular formula is C16H23N3O. The molecule has 3 rings (SSSR count). The van der Waals surface area contributed by atoms with Crippen molar-refractivity contribution in [3.8, 4) is 0 Å². The Bertz CT molecular complexity index is 514. The van der Waals surface area contributed by atoms with Crippen molar-refractivity contribution in [2.24, 2.45) is 11.7 Å². The number of aryl methyl sites for hydroxylation is 1. The molecule has 0 bridgehead atoms. The van der Waals surface area contributed by atoms with Gasteiger partial charge in [-0.25, -0.2) is 0 Å². The maximum absolute atomic E-state index is 11.8. The normalized spacial score (nSPS) is 26.4. The molecule has 0 aromatic heterocycles. The molecule has 108 valence electrons. The number of nitrogens with zero attached hydrogens (tertiary/aromatic N) is 1. The quantitative estimate of drug-likeness (QED) is 0.869. The zero-order chi connectivity index (χ0) is 14.1. The van der Waals surface area contributed by atoms with Gasteiger partial charge >= 0.3 is 0 Å². The van der Waals surface area contributed by atoms with E-state index in [1.54, 1.807) is 0 Å². The van der Waals surface area contributed by atoms with Crippen molar-refractivity contribution in [3.63, 3.8) is 0 Å². The molecule has 0 saturated carbocycles. The second kappa shape index (κ2) is 5.54. The second-order valence-electron chi connectivity index (χ2n) is 6.00. The van der Waals surface area contributed by atoms with Crippen LogP contribution in [0.1, 0.15) is 29.5 Å². The predicted octanol–water partition coefficient (Wildman–Crippen LogP) is 1.16. The summed E-state index contributed by atoms with van der Waals surface area (Å²) in [6.07, 6.45) is 2.16. The maximum Gasteiger partial charge on any atom is 0.224 e. The number of hydrogen-bond acceptors (Lipinski definition) is 3. The molecule has 1 aromatic carbocycles. The number of piperidine rings is 1. The minimum atomic E-state index is 0.201. The predicted molar refractivity (Wildman–Crippen MR) is 79.0 cm³/mol. The molecule has 2 fully saturated rings. The number of nitrogens with two attached hydrogens (primary N) is 1. The number of hydrogen-bond donors (Lipinski definition) is 2. The second-order valence-corrected chi connectivity index (χ2v) is 6.00. The molecule has 2 atom stereocenters. The van der Waals surface area contributed by atoms with Gasteiger partial charge in [0.2, 0.25) is 5.91 Å². The number of benzene rings is 1. The van der Waals surface area contributed by atoms with E-state index in [1.165, 1.54) is 16.7 Å². The summed E-state index contributed by atoms with van der Waals surface area (Å²) >= 11 is 0.